The van der Waals surface area contributed by atoms with E-state index in [9.17, 15) is 27.2 Å². The molecule has 2 saturated heterocycles. The van der Waals surface area contributed by atoms with Crippen LogP contribution in [0.2, 0.25) is 0 Å². The van der Waals surface area contributed by atoms with Gasteiger partial charge in [-0.2, -0.15) is 0 Å². The van der Waals surface area contributed by atoms with Crippen molar-refractivity contribution in [3.05, 3.63) is 57.8 Å². The Labute approximate surface area is 281 Å². The van der Waals surface area contributed by atoms with Gasteiger partial charge in [-0.25, -0.2) is 27.5 Å². The molecule has 12 nitrogen and oxygen atoms in total. The third kappa shape index (κ3) is 8.58. The summed E-state index contributed by atoms with van der Waals surface area (Å²) in [6, 6.07) is 10.0. The molecule has 6 rings (SSSR count). The molecule has 48 heavy (non-hydrogen) atoms. The van der Waals surface area contributed by atoms with Crippen LogP contribution in [0.3, 0.4) is 0 Å². The molecule has 18 heteroatoms. The molecule has 6 heterocycles. The van der Waals surface area contributed by atoms with Crippen LogP contribution >= 0.6 is 22.7 Å². The van der Waals surface area contributed by atoms with Crippen molar-refractivity contribution >= 4 is 56.4 Å². The van der Waals surface area contributed by atoms with E-state index in [0.717, 1.165) is 22.9 Å². The Morgan fingerprint density at radius 3 is 1.81 bits per heavy atom. The van der Waals surface area contributed by atoms with Crippen molar-refractivity contribution < 1.29 is 27.2 Å². The fraction of sp³-hybridized carbons (Fsp3) is 0.467. The summed E-state index contributed by atoms with van der Waals surface area (Å²) in [7, 11) is 0. The van der Waals surface area contributed by atoms with Gasteiger partial charge >= 0.3 is 0 Å². The minimum absolute atomic E-state index is 0.0372. The highest BCUT2D eigenvalue weighted by Crippen LogP contribution is 2.33. The van der Waals surface area contributed by atoms with Crippen molar-refractivity contribution in [2.24, 2.45) is 0 Å². The first-order valence-electron chi connectivity index (χ1n) is 15.4. The molecule has 0 bridgehead atoms. The van der Waals surface area contributed by atoms with Crippen LogP contribution in [0, 0.1) is 0 Å². The smallest absolute Gasteiger partial charge is 0.282 e. The lowest BCUT2D eigenvalue weighted by Crippen LogP contribution is -2.56. The molecule has 0 aromatic carbocycles. The predicted molar refractivity (Wildman–Crippen MR) is 173 cm³/mol. The van der Waals surface area contributed by atoms with Crippen LogP contribution in [-0.4, -0.2) is 80.2 Å². The van der Waals surface area contributed by atoms with Crippen molar-refractivity contribution in [1.82, 2.24) is 30.4 Å². The first-order valence-corrected chi connectivity index (χ1v) is 17.0. The summed E-state index contributed by atoms with van der Waals surface area (Å²) in [5.74, 6) is -5.21. The number of amides is 2. The normalized spacial score (nSPS) is 16.9. The van der Waals surface area contributed by atoms with Crippen molar-refractivity contribution in [3.63, 3.8) is 0 Å². The maximum atomic E-state index is 13.2. The van der Waals surface area contributed by atoms with Gasteiger partial charge in [-0.3, -0.25) is 9.59 Å². The van der Waals surface area contributed by atoms with Gasteiger partial charge in [0, 0.05) is 12.3 Å². The lowest BCUT2D eigenvalue weighted by atomic mass is 9.99. The predicted octanol–water partition coefficient (Wildman–Crippen LogP) is 4.97. The van der Waals surface area contributed by atoms with E-state index in [4.69, 9.17) is 0 Å². The van der Waals surface area contributed by atoms with Crippen LogP contribution in [-0.2, 0) is 28.9 Å². The first kappa shape index (κ1) is 33.6. The number of carbonyl (C=O) groups excluding carboxylic acids is 2. The number of carbonyl (C=O) groups is 2. The molecule has 1 atom stereocenters. The molecule has 0 unspecified atom stereocenters. The molecule has 4 aromatic heterocycles. The molecule has 0 aliphatic carbocycles. The Balaban J connectivity index is 0.975. The number of aromatic nitrogens is 6. The highest BCUT2D eigenvalue weighted by molar-refractivity contribution is 7.15. The number of pyridine rings is 2. The Bertz CT molecular complexity index is 1750. The van der Waals surface area contributed by atoms with Crippen molar-refractivity contribution in [2.75, 3.05) is 46.6 Å². The summed E-state index contributed by atoms with van der Waals surface area (Å²) in [5, 5.41) is 24.5. The largest absolute Gasteiger partial charge is 0.344 e. The fourth-order valence-electron chi connectivity index (χ4n) is 5.38. The van der Waals surface area contributed by atoms with E-state index in [1.807, 2.05) is 0 Å². The summed E-state index contributed by atoms with van der Waals surface area (Å²) in [6.45, 7) is 0.522. The number of aryl methyl sites for hydroxylation is 1. The fourth-order valence-corrected chi connectivity index (χ4v) is 7.08. The zero-order chi connectivity index (χ0) is 33.9. The highest BCUT2D eigenvalue weighted by Gasteiger charge is 2.45. The molecule has 0 spiro atoms. The van der Waals surface area contributed by atoms with Crippen molar-refractivity contribution in [3.8, 4) is 0 Å². The summed E-state index contributed by atoms with van der Waals surface area (Å²) in [5.41, 5.74) is 0.923. The van der Waals surface area contributed by atoms with Gasteiger partial charge < -0.3 is 20.4 Å². The number of hydrogen-bond acceptors (Lipinski definition) is 12. The van der Waals surface area contributed by atoms with Gasteiger partial charge in [0.05, 0.1) is 50.4 Å². The molecule has 2 amide bonds. The topological polar surface area (TPSA) is 142 Å². The Kier molecular flexibility index (Phi) is 9.82. The third-order valence-corrected chi connectivity index (χ3v) is 9.60. The van der Waals surface area contributed by atoms with E-state index < -0.39 is 11.8 Å². The monoisotopic (exact) mass is 704 g/mol. The third-order valence-electron chi connectivity index (χ3n) is 7.70. The second-order valence-corrected chi connectivity index (χ2v) is 13.9. The van der Waals surface area contributed by atoms with E-state index in [1.54, 1.807) is 36.4 Å². The SMILES string of the molecule is CCC[C@@H](CCc1nnc(NC(=O)Cc2cccc(N3CC(F)(F)C3)n2)s1)c1nnc(NC(=O)Cc2cccc(N3CC(F)(F)C3)n2)s1. The van der Waals surface area contributed by atoms with Gasteiger partial charge in [0.2, 0.25) is 22.1 Å². The van der Waals surface area contributed by atoms with Crippen molar-refractivity contribution in [2.45, 2.75) is 63.2 Å². The van der Waals surface area contributed by atoms with Gasteiger partial charge in [-0.05, 0) is 37.1 Å². The standard InChI is InChI=1S/C30H32F4N10O2S2/c1-2-5-18(26-40-42-28(48-26)38-24(46)13-20-7-4-9-22(36-20)44-16-30(33,34)17-44)10-11-25-39-41-27(47-25)37-23(45)12-19-6-3-8-21(35-19)43-14-29(31,32)15-43/h3-4,6-9,18H,2,5,10-17H2,1H3,(H,37,41,45)(H,38,42,46)/t18-/m0/s1. The summed E-state index contributed by atoms with van der Waals surface area (Å²) < 4.78 is 52.9. The van der Waals surface area contributed by atoms with Gasteiger partial charge in [0.15, 0.2) is 0 Å². The van der Waals surface area contributed by atoms with E-state index >= 15 is 0 Å². The van der Waals surface area contributed by atoms with Crippen LogP contribution in [0.5, 0.6) is 0 Å². The molecular weight excluding hydrogens is 673 g/mol. The van der Waals surface area contributed by atoms with Gasteiger partial charge in [0.25, 0.3) is 11.8 Å². The average Bonchev–Trinajstić information content (AvgIpc) is 3.66. The molecule has 254 valence electrons. The molecule has 2 N–H and O–H groups in total. The van der Waals surface area contributed by atoms with Crippen LogP contribution in [0.25, 0.3) is 0 Å². The minimum atomic E-state index is -2.71. The quantitative estimate of drug-likeness (QED) is 0.173. The lowest BCUT2D eigenvalue weighted by Gasteiger charge is -2.39. The maximum Gasteiger partial charge on any atom is 0.282 e. The van der Waals surface area contributed by atoms with Crippen LogP contribution < -0.4 is 20.4 Å². The molecule has 2 aliphatic rings. The molecule has 2 fully saturated rings. The number of alkyl halides is 4. The number of rotatable bonds is 14. The second kappa shape index (κ2) is 14.0. The van der Waals surface area contributed by atoms with Crippen LogP contribution in [0.15, 0.2) is 36.4 Å². The maximum absolute atomic E-state index is 13.2. The highest BCUT2D eigenvalue weighted by atomic mass is 32.1. The molecule has 0 radical (unpaired) electrons. The van der Waals surface area contributed by atoms with E-state index in [2.05, 4.69) is 47.9 Å². The Morgan fingerprint density at radius 1 is 0.771 bits per heavy atom. The summed E-state index contributed by atoms with van der Waals surface area (Å²) >= 11 is 2.56. The lowest BCUT2D eigenvalue weighted by molar-refractivity contribution is -0.116. The molecular formula is C30H32F4N10O2S2. The number of anilines is 4. The van der Waals surface area contributed by atoms with Crippen molar-refractivity contribution in [1.29, 1.82) is 0 Å². The van der Waals surface area contributed by atoms with E-state index in [-0.39, 0.29) is 56.8 Å². The van der Waals surface area contributed by atoms with Gasteiger partial charge in [-0.15, -0.1) is 20.4 Å². The van der Waals surface area contributed by atoms with E-state index in [0.29, 0.717) is 46.1 Å². The van der Waals surface area contributed by atoms with Crippen LogP contribution in [0.1, 0.15) is 53.5 Å². The number of nitrogens with one attached hydrogen (secondary N) is 2. The summed E-state index contributed by atoms with van der Waals surface area (Å²) in [4.78, 5) is 37.0. The minimum Gasteiger partial charge on any atom is -0.344 e. The van der Waals surface area contributed by atoms with E-state index in [1.165, 1.54) is 32.5 Å². The molecule has 4 aromatic rings. The Hall–Kier alpha value is -4.32. The zero-order valence-electron chi connectivity index (χ0n) is 25.8. The molecule has 0 saturated carbocycles. The van der Waals surface area contributed by atoms with Gasteiger partial charge in [0.1, 0.15) is 21.7 Å². The van der Waals surface area contributed by atoms with Crippen LogP contribution in [0.4, 0.5) is 39.5 Å². The summed E-state index contributed by atoms with van der Waals surface area (Å²) in [6.07, 6.45) is 2.98. The second-order valence-electron chi connectivity index (χ2n) is 11.8. The first-order chi connectivity index (χ1) is 22.9. The number of halogens is 4. The van der Waals surface area contributed by atoms with Gasteiger partial charge in [-0.1, -0.05) is 48.2 Å². The Morgan fingerprint density at radius 2 is 1.29 bits per heavy atom. The number of hydrogen-bond donors (Lipinski definition) is 2. The average molecular weight is 705 g/mol. The zero-order valence-corrected chi connectivity index (χ0v) is 27.5. The number of nitrogens with zero attached hydrogens (tertiary/aromatic N) is 8. The molecule has 2 aliphatic heterocycles.